The molecule has 2 aliphatic rings. The number of benzene rings is 1. The number of carbonyl (C=O) groups excluding carboxylic acids is 2. The molecule has 1 aliphatic carbocycles. The molecule has 0 aromatic heterocycles. The van der Waals surface area contributed by atoms with Crippen LogP contribution in [0.3, 0.4) is 0 Å². The fourth-order valence-electron chi connectivity index (χ4n) is 2.53. The number of rotatable bonds is 5. The van der Waals surface area contributed by atoms with Crippen molar-refractivity contribution in [2.45, 2.75) is 25.3 Å². The maximum atomic E-state index is 12.3. The lowest BCUT2D eigenvalue weighted by Gasteiger charge is -2.23. The second kappa shape index (κ2) is 6.52. The molecule has 4 nitrogen and oxygen atoms in total. The summed E-state index contributed by atoms with van der Waals surface area (Å²) >= 11 is 1.67. The maximum Gasteiger partial charge on any atom is 0.243 e. The zero-order valence-corrected chi connectivity index (χ0v) is 12.8. The van der Waals surface area contributed by atoms with Crippen LogP contribution in [-0.4, -0.2) is 40.9 Å². The molecular formula is C16H20N2O2S. The van der Waals surface area contributed by atoms with Gasteiger partial charge in [0.25, 0.3) is 0 Å². The SMILES string of the molecule is O=C(NCCc1ccccc1)[C@@H]1CSCN1C(=O)C1CC1. The summed E-state index contributed by atoms with van der Waals surface area (Å²) in [5, 5.41) is 2.97. The summed E-state index contributed by atoms with van der Waals surface area (Å²) in [4.78, 5) is 26.2. The van der Waals surface area contributed by atoms with Crippen molar-refractivity contribution in [2.75, 3.05) is 18.2 Å². The molecule has 2 amide bonds. The normalized spacial score (nSPS) is 21.3. The van der Waals surface area contributed by atoms with E-state index in [0.717, 1.165) is 25.0 Å². The van der Waals surface area contributed by atoms with Crippen LogP contribution in [0.25, 0.3) is 0 Å². The Labute approximate surface area is 129 Å². The lowest BCUT2D eigenvalue weighted by molar-refractivity contribution is -0.138. The van der Waals surface area contributed by atoms with E-state index in [4.69, 9.17) is 0 Å². The van der Waals surface area contributed by atoms with Gasteiger partial charge in [-0.15, -0.1) is 11.8 Å². The minimum atomic E-state index is -0.279. The van der Waals surface area contributed by atoms with Gasteiger partial charge in [-0.2, -0.15) is 0 Å². The van der Waals surface area contributed by atoms with E-state index in [1.165, 1.54) is 5.56 Å². The van der Waals surface area contributed by atoms with Crippen molar-refractivity contribution in [3.8, 4) is 0 Å². The molecule has 3 rings (SSSR count). The van der Waals surface area contributed by atoms with E-state index < -0.39 is 0 Å². The van der Waals surface area contributed by atoms with Crippen LogP contribution in [0.4, 0.5) is 0 Å². The maximum absolute atomic E-state index is 12.3. The van der Waals surface area contributed by atoms with Crippen LogP contribution >= 0.6 is 11.8 Å². The molecule has 1 aromatic rings. The number of carbonyl (C=O) groups is 2. The number of amides is 2. The first-order chi connectivity index (χ1) is 10.3. The molecule has 0 radical (unpaired) electrons. The van der Waals surface area contributed by atoms with Crippen LogP contribution < -0.4 is 5.32 Å². The highest BCUT2D eigenvalue weighted by Gasteiger charge is 2.41. The van der Waals surface area contributed by atoms with Crippen molar-refractivity contribution in [3.63, 3.8) is 0 Å². The molecule has 0 bridgehead atoms. The van der Waals surface area contributed by atoms with Gasteiger partial charge in [0.15, 0.2) is 0 Å². The highest BCUT2D eigenvalue weighted by Crippen LogP contribution is 2.34. The highest BCUT2D eigenvalue weighted by atomic mass is 32.2. The molecule has 1 atom stereocenters. The molecule has 1 N–H and O–H groups in total. The number of thioether (sulfide) groups is 1. The molecule has 21 heavy (non-hydrogen) atoms. The summed E-state index contributed by atoms with van der Waals surface area (Å²) in [5.74, 6) is 1.72. The molecule has 0 spiro atoms. The Kier molecular flexibility index (Phi) is 4.48. The van der Waals surface area contributed by atoms with Crippen molar-refractivity contribution < 1.29 is 9.59 Å². The molecule has 1 saturated heterocycles. The van der Waals surface area contributed by atoms with Crippen LogP contribution in [0.2, 0.25) is 0 Å². The fraction of sp³-hybridized carbons (Fsp3) is 0.500. The second-order valence-electron chi connectivity index (χ2n) is 5.62. The largest absolute Gasteiger partial charge is 0.354 e. The van der Waals surface area contributed by atoms with Crippen molar-refractivity contribution in [1.82, 2.24) is 10.2 Å². The summed E-state index contributed by atoms with van der Waals surface area (Å²) in [7, 11) is 0. The minimum Gasteiger partial charge on any atom is -0.354 e. The second-order valence-corrected chi connectivity index (χ2v) is 6.62. The van der Waals surface area contributed by atoms with Gasteiger partial charge in [-0.05, 0) is 24.8 Å². The third-order valence-electron chi connectivity index (χ3n) is 3.95. The van der Waals surface area contributed by atoms with Crippen LogP contribution in [-0.2, 0) is 16.0 Å². The van der Waals surface area contributed by atoms with E-state index in [0.29, 0.717) is 12.4 Å². The number of hydrogen-bond acceptors (Lipinski definition) is 3. The molecule has 1 aromatic carbocycles. The van der Waals surface area contributed by atoms with E-state index in [1.807, 2.05) is 18.2 Å². The molecule has 2 fully saturated rings. The molecule has 112 valence electrons. The first-order valence-electron chi connectivity index (χ1n) is 7.45. The van der Waals surface area contributed by atoms with Crippen molar-refractivity contribution >= 4 is 23.6 Å². The van der Waals surface area contributed by atoms with Gasteiger partial charge in [0.2, 0.25) is 11.8 Å². The Morgan fingerprint density at radius 2 is 2.00 bits per heavy atom. The van der Waals surface area contributed by atoms with E-state index in [1.54, 1.807) is 16.7 Å². The standard InChI is InChI=1S/C16H20N2O2S/c19-15(17-9-8-12-4-2-1-3-5-12)14-10-21-11-18(14)16(20)13-6-7-13/h1-5,13-14H,6-11H2,(H,17,19)/t14-/m0/s1. The quantitative estimate of drug-likeness (QED) is 0.900. The van der Waals surface area contributed by atoms with E-state index in [-0.39, 0.29) is 23.8 Å². The van der Waals surface area contributed by atoms with Gasteiger partial charge in [-0.3, -0.25) is 9.59 Å². The third kappa shape index (κ3) is 3.59. The van der Waals surface area contributed by atoms with Gasteiger partial charge in [0, 0.05) is 18.2 Å². The van der Waals surface area contributed by atoms with Crippen LogP contribution in [0.1, 0.15) is 18.4 Å². The molecule has 5 heteroatoms. The van der Waals surface area contributed by atoms with Gasteiger partial charge < -0.3 is 10.2 Å². The third-order valence-corrected chi connectivity index (χ3v) is 4.96. The Hall–Kier alpha value is -1.49. The van der Waals surface area contributed by atoms with Gasteiger partial charge in [-0.1, -0.05) is 30.3 Å². The van der Waals surface area contributed by atoms with Crippen LogP contribution in [0.5, 0.6) is 0 Å². The number of nitrogens with one attached hydrogen (secondary N) is 1. The molecule has 0 unspecified atom stereocenters. The Bertz CT molecular complexity index is 516. The first kappa shape index (κ1) is 14.4. The predicted octanol–water partition coefficient (Wildman–Crippen LogP) is 1.66. The number of nitrogens with zero attached hydrogens (tertiary/aromatic N) is 1. The smallest absolute Gasteiger partial charge is 0.243 e. The predicted molar refractivity (Wildman–Crippen MR) is 83.8 cm³/mol. The van der Waals surface area contributed by atoms with E-state index >= 15 is 0 Å². The zero-order chi connectivity index (χ0) is 14.7. The van der Waals surface area contributed by atoms with Gasteiger partial charge >= 0.3 is 0 Å². The average molecular weight is 304 g/mol. The lowest BCUT2D eigenvalue weighted by atomic mass is 10.1. The van der Waals surface area contributed by atoms with Crippen LogP contribution in [0.15, 0.2) is 30.3 Å². The summed E-state index contributed by atoms with van der Waals surface area (Å²) in [5.41, 5.74) is 1.21. The Morgan fingerprint density at radius 3 is 2.71 bits per heavy atom. The summed E-state index contributed by atoms with van der Waals surface area (Å²) in [6, 6.07) is 9.82. The molecular weight excluding hydrogens is 284 g/mol. The molecule has 1 saturated carbocycles. The van der Waals surface area contributed by atoms with Gasteiger partial charge in [-0.25, -0.2) is 0 Å². The Balaban J connectivity index is 1.49. The lowest BCUT2D eigenvalue weighted by Crippen LogP contribution is -2.48. The number of hydrogen-bond donors (Lipinski definition) is 1. The van der Waals surface area contributed by atoms with Crippen molar-refractivity contribution in [2.24, 2.45) is 5.92 Å². The van der Waals surface area contributed by atoms with Crippen molar-refractivity contribution in [3.05, 3.63) is 35.9 Å². The Morgan fingerprint density at radius 1 is 1.24 bits per heavy atom. The molecule has 1 heterocycles. The zero-order valence-electron chi connectivity index (χ0n) is 12.0. The monoisotopic (exact) mass is 304 g/mol. The van der Waals surface area contributed by atoms with Gasteiger partial charge in [0.1, 0.15) is 6.04 Å². The first-order valence-corrected chi connectivity index (χ1v) is 8.61. The highest BCUT2D eigenvalue weighted by molar-refractivity contribution is 7.99. The fourth-order valence-corrected chi connectivity index (χ4v) is 3.70. The minimum absolute atomic E-state index is 0.00932. The van der Waals surface area contributed by atoms with Gasteiger partial charge in [0.05, 0.1) is 5.88 Å². The van der Waals surface area contributed by atoms with Crippen LogP contribution in [0, 0.1) is 5.92 Å². The van der Waals surface area contributed by atoms with Crippen molar-refractivity contribution in [1.29, 1.82) is 0 Å². The molecule has 1 aliphatic heterocycles. The summed E-state index contributed by atoms with van der Waals surface area (Å²) in [6.07, 6.45) is 2.80. The topological polar surface area (TPSA) is 49.4 Å². The average Bonchev–Trinajstić information content (AvgIpc) is 3.24. The summed E-state index contributed by atoms with van der Waals surface area (Å²) in [6.45, 7) is 0.621. The summed E-state index contributed by atoms with van der Waals surface area (Å²) < 4.78 is 0. The van der Waals surface area contributed by atoms with E-state index in [9.17, 15) is 9.59 Å². The van der Waals surface area contributed by atoms with E-state index in [2.05, 4.69) is 17.4 Å².